The van der Waals surface area contributed by atoms with E-state index in [1.54, 1.807) is 0 Å². The molecule has 0 aliphatic carbocycles. The molecule has 2 rings (SSSR count). The number of anilines is 2. The van der Waals surface area contributed by atoms with E-state index in [9.17, 15) is 35.1 Å². The molecular formula is C22H24F8N2. The van der Waals surface area contributed by atoms with E-state index in [1.807, 2.05) is 0 Å². The molecule has 2 aromatic carbocycles. The first-order chi connectivity index (χ1) is 14.5. The molecule has 2 aromatic rings. The molecule has 4 N–H and O–H groups in total. The number of benzene rings is 2. The molecule has 0 spiro atoms. The highest BCUT2D eigenvalue weighted by molar-refractivity contribution is 5.57. The lowest BCUT2D eigenvalue weighted by Crippen LogP contribution is -2.59. The smallest absolute Gasteiger partial charge is 0.382 e. The molecule has 2 nitrogen and oxygen atoms in total. The normalized spacial score (nSPS) is 13.5. The molecule has 0 heterocycles. The van der Waals surface area contributed by atoms with Gasteiger partial charge in [0.2, 0.25) is 0 Å². The lowest BCUT2D eigenvalue weighted by atomic mass is 9.87. The first kappa shape index (κ1) is 25.7. The lowest BCUT2D eigenvalue weighted by Gasteiger charge is -2.37. The van der Waals surface area contributed by atoms with E-state index < -0.39 is 34.8 Å². The van der Waals surface area contributed by atoms with E-state index in [-0.39, 0.29) is 46.5 Å². The summed E-state index contributed by atoms with van der Waals surface area (Å²) < 4.78 is 118. The Hall–Kier alpha value is -2.52. The molecule has 0 atom stereocenters. The van der Waals surface area contributed by atoms with Crippen LogP contribution >= 0.6 is 0 Å². The molecule has 0 aromatic heterocycles. The Morgan fingerprint density at radius 2 is 0.875 bits per heavy atom. The number of aryl methyl sites for hydroxylation is 4. The summed E-state index contributed by atoms with van der Waals surface area (Å²) in [7, 11) is 0. The standard InChI is InChI=1S/C22H24F8N2/c1-5-13-9-15(7-11(3)17(13)31)19(23,24)21(27,28)22(29,30)20(25,26)16-8-12(4)18(32)14(6-2)10-16/h7-10H,5-6,31-32H2,1-4H3. The molecule has 0 saturated carbocycles. The van der Waals surface area contributed by atoms with E-state index in [0.717, 1.165) is 0 Å². The molecule has 32 heavy (non-hydrogen) atoms. The van der Waals surface area contributed by atoms with Crippen molar-refractivity contribution in [2.75, 3.05) is 11.5 Å². The predicted molar refractivity (Wildman–Crippen MR) is 108 cm³/mol. The quantitative estimate of drug-likeness (QED) is 0.349. The Kier molecular flexibility index (Phi) is 6.53. The molecular weight excluding hydrogens is 444 g/mol. The van der Waals surface area contributed by atoms with Gasteiger partial charge in [0.1, 0.15) is 0 Å². The molecule has 0 radical (unpaired) electrons. The van der Waals surface area contributed by atoms with Crippen molar-refractivity contribution in [3.8, 4) is 0 Å². The zero-order chi connectivity index (χ0) is 24.9. The van der Waals surface area contributed by atoms with Crippen molar-refractivity contribution in [3.63, 3.8) is 0 Å². The summed E-state index contributed by atoms with van der Waals surface area (Å²) in [6.07, 6.45) is 0.0818. The van der Waals surface area contributed by atoms with Crippen molar-refractivity contribution in [1.82, 2.24) is 0 Å². The molecule has 0 amide bonds. The Morgan fingerprint density at radius 1 is 0.594 bits per heavy atom. The number of hydrogen-bond acceptors (Lipinski definition) is 2. The van der Waals surface area contributed by atoms with Crippen LogP contribution in [0.1, 0.15) is 47.2 Å². The lowest BCUT2D eigenvalue weighted by molar-refractivity contribution is -0.374. The third kappa shape index (κ3) is 3.67. The number of nitrogens with two attached hydrogens (primary N) is 2. The van der Waals surface area contributed by atoms with Crippen LogP contribution in [0.4, 0.5) is 46.5 Å². The van der Waals surface area contributed by atoms with E-state index in [4.69, 9.17) is 11.5 Å². The zero-order valence-corrected chi connectivity index (χ0v) is 17.9. The summed E-state index contributed by atoms with van der Waals surface area (Å²) in [6.45, 7) is 5.43. The van der Waals surface area contributed by atoms with Gasteiger partial charge >= 0.3 is 23.7 Å². The van der Waals surface area contributed by atoms with Gasteiger partial charge in [0.15, 0.2) is 0 Å². The summed E-state index contributed by atoms with van der Waals surface area (Å²) >= 11 is 0. The molecule has 0 bridgehead atoms. The highest BCUT2D eigenvalue weighted by atomic mass is 19.4. The largest absolute Gasteiger partial charge is 0.398 e. The van der Waals surface area contributed by atoms with Crippen molar-refractivity contribution in [1.29, 1.82) is 0 Å². The maximum absolute atomic E-state index is 14.8. The van der Waals surface area contributed by atoms with Crippen LogP contribution in [0.15, 0.2) is 24.3 Å². The molecule has 0 saturated heterocycles. The summed E-state index contributed by atoms with van der Waals surface area (Å²) in [5.74, 6) is -24.1. The van der Waals surface area contributed by atoms with Gasteiger partial charge in [0.05, 0.1) is 0 Å². The average Bonchev–Trinajstić information content (AvgIpc) is 2.70. The minimum atomic E-state index is -6.45. The van der Waals surface area contributed by atoms with Crippen LogP contribution in [0.25, 0.3) is 0 Å². The summed E-state index contributed by atoms with van der Waals surface area (Å²) in [6, 6.07) is 2.07. The molecule has 0 aliphatic rings. The van der Waals surface area contributed by atoms with E-state index in [2.05, 4.69) is 0 Å². The van der Waals surface area contributed by atoms with Gasteiger partial charge in [-0.25, -0.2) is 0 Å². The number of alkyl halides is 8. The molecule has 0 unspecified atom stereocenters. The van der Waals surface area contributed by atoms with Crippen molar-refractivity contribution in [2.45, 2.75) is 64.2 Å². The second kappa shape index (κ2) is 8.12. The second-order valence-electron chi connectivity index (χ2n) is 7.74. The number of halogens is 8. The van der Waals surface area contributed by atoms with Crippen LogP contribution in [0.2, 0.25) is 0 Å². The predicted octanol–water partition coefficient (Wildman–Crippen LogP) is 6.75. The van der Waals surface area contributed by atoms with E-state index >= 15 is 0 Å². The Bertz CT molecular complexity index is 934. The fraction of sp³-hybridized carbons (Fsp3) is 0.455. The Labute approximate surface area is 180 Å². The van der Waals surface area contributed by atoms with Gasteiger partial charge in [-0.1, -0.05) is 13.8 Å². The van der Waals surface area contributed by atoms with Gasteiger partial charge < -0.3 is 11.5 Å². The Morgan fingerprint density at radius 3 is 1.12 bits per heavy atom. The molecule has 178 valence electrons. The summed E-state index contributed by atoms with van der Waals surface area (Å²) in [5, 5.41) is 0. The highest BCUT2D eigenvalue weighted by Gasteiger charge is 2.81. The average molecular weight is 468 g/mol. The first-order valence-corrected chi connectivity index (χ1v) is 9.77. The topological polar surface area (TPSA) is 52.0 Å². The minimum Gasteiger partial charge on any atom is -0.398 e. The summed E-state index contributed by atoms with van der Waals surface area (Å²) in [4.78, 5) is 0. The number of rotatable bonds is 7. The fourth-order valence-electron chi connectivity index (χ4n) is 3.45. The monoisotopic (exact) mass is 468 g/mol. The van der Waals surface area contributed by atoms with E-state index in [0.29, 0.717) is 24.3 Å². The van der Waals surface area contributed by atoms with Crippen LogP contribution in [0.5, 0.6) is 0 Å². The van der Waals surface area contributed by atoms with Crippen molar-refractivity contribution < 1.29 is 35.1 Å². The third-order valence-corrected chi connectivity index (χ3v) is 5.61. The van der Waals surface area contributed by atoms with Crippen LogP contribution in [0, 0.1) is 13.8 Å². The third-order valence-electron chi connectivity index (χ3n) is 5.61. The Balaban J connectivity index is 2.68. The second-order valence-corrected chi connectivity index (χ2v) is 7.74. The van der Waals surface area contributed by atoms with Crippen LogP contribution in [-0.4, -0.2) is 11.8 Å². The van der Waals surface area contributed by atoms with Gasteiger partial charge in [-0.15, -0.1) is 0 Å². The maximum atomic E-state index is 14.8. The van der Waals surface area contributed by atoms with Crippen LogP contribution in [-0.2, 0) is 24.7 Å². The molecule has 10 heteroatoms. The van der Waals surface area contributed by atoms with Gasteiger partial charge in [0, 0.05) is 22.5 Å². The molecule has 0 aliphatic heterocycles. The van der Waals surface area contributed by atoms with Gasteiger partial charge in [-0.3, -0.25) is 0 Å². The van der Waals surface area contributed by atoms with Crippen molar-refractivity contribution in [2.24, 2.45) is 0 Å². The summed E-state index contributed by atoms with van der Waals surface area (Å²) in [5.41, 5.74) is 8.27. The fourth-order valence-corrected chi connectivity index (χ4v) is 3.45. The van der Waals surface area contributed by atoms with Crippen molar-refractivity contribution in [3.05, 3.63) is 57.6 Å². The zero-order valence-electron chi connectivity index (χ0n) is 17.9. The van der Waals surface area contributed by atoms with Gasteiger partial charge in [0.25, 0.3) is 0 Å². The van der Waals surface area contributed by atoms with Crippen molar-refractivity contribution >= 4 is 11.4 Å². The molecule has 0 fully saturated rings. The van der Waals surface area contributed by atoms with Gasteiger partial charge in [-0.2, -0.15) is 35.1 Å². The number of hydrogen-bond donors (Lipinski definition) is 2. The van der Waals surface area contributed by atoms with Crippen LogP contribution in [0.3, 0.4) is 0 Å². The van der Waals surface area contributed by atoms with Gasteiger partial charge in [-0.05, 0) is 73.2 Å². The first-order valence-electron chi connectivity index (χ1n) is 9.77. The van der Waals surface area contributed by atoms with E-state index in [1.165, 1.54) is 27.7 Å². The SMILES string of the molecule is CCc1cc(C(F)(F)C(F)(F)C(F)(F)C(F)(F)c2cc(C)c(N)c(CC)c2)cc(C)c1N. The number of nitrogen functional groups attached to an aromatic ring is 2. The minimum absolute atomic E-state index is 0.00676. The maximum Gasteiger partial charge on any atom is 0.382 e. The highest BCUT2D eigenvalue weighted by Crippen LogP contribution is 2.59. The van der Waals surface area contributed by atoms with Crippen LogP contribution < -0.4 is 11.5 Å².